The van der Waals surface area contributed by atoms with Gasteiger partial charge in [-0.3, -0.25) is 4.79 Å². The van der Waals surface area contributed by atoms with Gasteiger partial charge in [0.2, 0.25) is 0 Å². The molecule has 0 bridgehead atoms. The van der Waals surface area contributed by atoms with Crippen LogP contribution in [0.4, 0.5) is 0 Å². The third kappa shape index (κ3) is 7.39. The summed E-state index contributed by atoms with van der Waals surface area (Å²) in [6.45, 7) is 0. The molecule has 3 N–H and O–H groups in total. The van der Waals surface area contributed by atoms with E-state index in [-0.39, 0.29) is 6.42 Å². The van der Waals surface area contributed by atoms with Crippen molar-refractivity contribution >= 4 is 5.97 Å². The summed E-state index contributed by atoms with van der Waals surface area (Å²) in [7, 11) is 0. The first-order chi connectivity index (χ1) is 4.63. The quantitative estimate of drug-likeness (QED) is 0.433. The number of rotatable bonds is 5. The Morgan fingerprint density at radius 3 is 2.50 bits per heavy atom. The van der Waals surface area contributed by atoms with E-state index in [0.29, 0.717) is 19.3 Å². The summed E-state index contributed by atoms with van der Waals surface area (Å²) in [6, 6.07) is 0. The minimum atomic E-state index is -1.05. The molecule has 4 heteroatoms. The highest BCUT2D eigenvalue weighted by molar-refractivity contribution is 5.66. The topological polar surface area (TPSA) is 83.2 Å². The van der Waals surface area contributed by atoms with E-state index in [1.807, 2.05) is 0 Å². The van der Waals surface area contributed by atoms with Crippen molar-refractivity contribution < 1.29 is 15.0 Å². The Balaban J connectivity index is 2.98. The summed E-state index contributed by atoms with van der Waals surface area (Å²) in [5, 5.41) is 18.4. The Morgan fingerprint density at radius 1 is 1.50 bits per heavy atom. The molecule has 0 rings (SSSR count). The second kappa shape index (κ2) is 5.20. The van der Waals surface area contributed by atoms with Crippen LogP contribution in [0, 0.1) is 0 Å². The summed E-state index contributed by atoms with van der Waals surface area (Å²) in [5.41, 5.74) is 4.91. The van der Waals surface area contributed by atoms with Crippen LogP contribution >= 0.6 is 0 Å². The number of aliphatic carboxylic acids is 1. The lowest BCUT2D eigenvalue weighted by atomic mass is 10.2. The van der Waals surface area contributed by atoms with Gasteiger partial charge >= 0.3 is 5.97 Å². The minimum Gasteiger partial charge on any atom is -0.481 e. The van der Waals surface area contributed by atoms with E-state index in [9.17, 15) is 9.90 Å². The van der Waals surface area contributed by atoms with Crippen molar-refractivity contribution in [1.82, 2.24) is 0 Å². The number of carboxylic acid groups (broad SMARTS) is 1. The first-order valence-electron chi connectivity index (χ1n) is 3.26. The van der Waals surface area contributed by atoms with Gasteiger partial charge < -0.3 is 10.8 Å². The number of unbranched alkanes of at least 4 members (excludes halogenated alkanes) is 1. The van der Waals surface area contributed by atoms with E-state index in [1.54, 1.807) is 0 Å². The largest absolute Gasteiger partial charge is 0.481 e. The molecule has 0 saturated carbocycles. The molecule has 0 amide bonds. The summed E-state index contributed by atoms with van der Waals surface area (Å²) in [6.07, 6.45) is 0.608. The summed E-state index contributed by atoms with van der Waals surface area (Å²) < 4.78 is 0. The second-order valence-electron chi connectivity index (χ2n) is 2.18. The van der Waals surface area contributed by atoms with Crippen molar-refractivity contribution in [2.75, 3.05) is 0 Å². The Kier molecular flexibility index (Phi) is 4.88. The van der Waals surface area contributed by atoms with Gasteiger partial charge in [0, 0.05) is 6.42 Å². The third-order valence-electron chi connectivity index (χ3n) is 1.13. The zero-order chi connectivity index (χ0) is 7.98. The highest BCUT2D eigenvalue weighted by atomic mass is 16.4. The third-order valence-corrected chi connectivity index (χ3v) is 1.13. The predicted octanol–water partition coefficient (Wildman–Crippen LogP) is 0.347. The van der Waals surface area contributed by atoms with Gasteiger partial charge in [-0.2, -0.15) is 0 Å². The Bertz CT molecular complexity index is 103. The first kappa shape index (κ1) is 9.39. The monoisotopic (exact) mass is 146 g/mol. The molecule has 0 aliphatic heterocycles. The standard InChI is InChI=1S/C6H12NO3/c7-5(8)3-1-2-4-6(9)10/h5H,1-4,7H2,(H,9,10). The van der Waals surface area contributed by atoms with E-state index in [1.165, 1.54) is 0 Å². The molecular weight excluding hydrogens is 134 g/mol. The number of carboxylic acids is 1. The molecule has 0 heterocycles. The van der Waals surface area contributed by atoms with Crippen LogP contribution in [0.1, 0.15) is 25.7 Å². The van der Waals surface area contributed by atoms with Gasteiger partial charge in [-0.15, -0.1) is 0 Å². The predicted molar refractivity (Wildman–Crippen MR) is 34.8 cm³/mol. The molecule has 0 fully saturated rings. The van der Waals surface area contributed by atoms with Crippen LogP contribution in [-0.2, 0) is 9.90 Å². The lowest BCUT2D eigenvalue weighted by Gasteiger charge is -1.98. The maximum atomic E-state index is 10.2. The van der Waals surface area contributed by atoms with E-state index in [2.05, 4.69) is 0 Å². The highest BCUT2D eigenvalue weighted by Crippen LogP contribution is 2.00. The van der Waals surface area contributed by atoms with Crippen LogP contribution in [0.25, 0.3) is 0 Å². The molecule has 4 nitrogen and oxygen atoms in total. The molecule has 59 valence electrons. The average Bonchev–Trinajstić information content (AvgIpc) is 1.79. The van der Waals surface area contributed by atoms with E-state index in [0.717, 1.165) is 0 Å². The van der Waals surface area contributed by atoms with Gasteiger partial charge in [0.15, 0.2) is 0 Å². The van der Waals surface area contributed by atoms with Crippen molar-refractivity contribution in [3.8, 4) is 0 Å². The molecule has 0 aromatic carbocycles. The zero-order valence-electron chi connectivity index (χ0n) is 5.75. The molecule has 1 unspecified atom stereocenters. The van der Waals surface area contributed by atoms with Crippen molar-refractivity contribution in [3.05, 3.63) is 0 Å². The number of carbonyl (C=O) groups is 1. The Hall–Kier alpha value is -0.610. The SMILES string of the molecule is NC([O])CCCCC(=O)O. The van der Waals surface area contributed by atoms with Gasteiger partial charge in [-0.05, 0) is 19.3 Å². The molecule has 0 aromatic heterocycles. The van der Waals surface area contributed by atoms with Crippen molar-refractivity contribution in [2.24, 2.45) is 5.73 Å². The van der Waals surface area contributed by atoms with Crippen LogP contribution < -0.4 is 5.73 Å². The maximum Gasteiger partial charge on any atom is 0.303 e. The molecule has 0 aliphatic carbocycles. The van der Waals surface area contributed by atoms with Crippen molar-refractivity contribution in [3.63, 3.8) is 0 Å². The fourth-order valence-electron chi connectivity index (χ4n) is 0.622. The molecule has 1 atom stereocenters. The van der Waals surface area contributed by atoms with Crippen LogP contribution in [-0.4, -0.2) is 17.3 Å². The molecule has 1 radical (unpaired) electrons. The average molecular weight is 146 g/mol. The van der Waals surface area contributed by atoms with E-state index >= 15 is 0 Å². The van der Waals surface area contributed by atoms with E-state index < -0.39 is 12.2 Å². The van der Waals surface area contributed by atoms with Gasteiger partial charge in [0.1, 0.15) is 6.23 Å². The second-order valence-corrected chi connectivity index (χ2v) is 2.18. The molecule has 0 aromatic rings. The molecule has 0 spiro atoms. The summed E-state index contributed by atoms with van der Waals surface area (Å²) >= 11 is 0. The van der Waals surface area contributed by atoms with Gasteiger partial charge in [-0.25, -0.2) is 5.11 Å². The number of hydrogen-bond acceptors (Lipinski definition) is 2. The highest BCUT2D eigenvalue weighted by Gasteiger charge is 1.99. The lowest BCUT2D eigenvalue weighted by Crippen LogP contribution is -2.16. The molecule has 0 aliphatic rings. The van der Waals surface area contributed by atoms with Gasteiger partial charge in [0.25, 0.3) is 0 Å². The zero-order valence-corrected chi connectivity index (χ0v) is 5.75. The lowest BCUT2D eigenvalue weighted by molar-refractivity contribution is -0.137. The fraction of sp³-hybridized carbons (Fsp3) is 0.833. The van der Waals surface area contributed by atoms with Crippen LogP contribution in [0.15, 0.2) is 0 Å². The van der Waals surface area contributed by atoms with Crippen LogP contribution in [0.5, 0.6) is 0 Å². The van der Waals surface area contributed by atoms with Crippen LogP contribution in [0.2, 0.25) is 0 Å². The van der Waals surface area contributed by atoms with Crippen molar-refractivity contribution in [2.45, 2.75) is 31.9 Å². The number of hydrogen-bond donors (Lipinski definition) is 2. The molecular formula is C6H12NO3. The van der Waals surface area contributed by atoms with Crippen LogP contribution in [0.3, 0.4) is 0 Å². The van der Waals surface area contributed by atoms with Gasteiger partial charge in [0.05, 0.1) is 0 Å². The number of nitrogens with two attached hydrogens (primary N) is 1. The molecule has 10 heavy (non-hydrogen) atoms. The maximum absolute atomic E-state index is 10.2. The summed E-state index contributed by atoms with van der Waals surface area (Å²) in [4.78, 5) is 9.93. The van der Waals surface area contributed by atoms with E-state index in [4.69, 9.17) is 10.8 Å². The minimum absolute atomic E-state index is 0.132. The molecule has 0 saturated heterocycles. The fourth-order valence-corrected chi connectivity index (χ4v) is 0.622. The summed E-state index contributed by atoms with van der Waals surface area (Å²) in [5.74, 6) is -0.820. The Morgan fingerprint density at radius 2 is 2.10 bits per heavy atom. The van der Waals surface area contributed by atoms with Crippen molar-refractivity contribution in [1.29, 1.82) is 0 Å². The smallest absolute Gasteiger partial charge is 0.303 e. The van der Waals surface area contributed by atoms with Gasteiger partial charge in [-0.1, -0.05) is 0 Å². The normalized spacial score (nSPS) is 13.0. The Labute approximate surface area is 59.7 Å². The first-order valence-corrected chi connectivity index (χ1v) is 3.26.